The van der Waals surface area contributed by atoms with E-state index in [1.54, 1.807) is 5.56 Å². The second kappa shape index (κ2) is 21.8. The summed E-state index contributed by atoms with van der Waals surface area (Å²) in [4.78, 5) is 10.5. The van der Waals surface area contributed by atoms with Crippen molar-refractivity contribution in [3.05, 3.63) is 82.4 Å². The summed E-state index contributed by atoms with van der Waals surface area (Å²) in [7, 11) is 0. The van der Waals surface area contributed by atoms with Gasteiger partial charge in [0.15, 0.2) is 0 Å². The number of nitrogens with zero attached hydrogens (tertiary/aromatic N) is 2. The van der Waals surface area contributed by atoms with Crippen LogP contribution in [0, 0.1) is 13.8 Å². The van der Waals surface area contributed by atoms with Crippen LogP contribution in [-0.2, 0) is 19.3 Å². The monoisotopic (exact) mass is 635 g/mol. The molecular weight excluding hydrogens is 569 g/mol. The van der Waals surface area contributed by atoms with Crippen LogP contribution in [0.25, 0.3) is 11.1 Å². The van der Waals surface area contributed by atoms with Gasteiger partial charge in [0.05, 0.1) is 22.8 Å². The van der Waals surface area contributed by atoms with E-state index >= 15 is 0 Å². The van der Waals surface area contributed by atoms with Crippen LogP contribution in [-0.4, -0.2) is 11.4 Å². The molecule has 0 aliphatic heterocycles. The molecule has 0 aliphatic rings. The minimum Gasteiger partial charge on any atom is -0.252 e. The molecule has 0 fully saturated rings. The molecule has 0 atom stereocenters. The van der Waals surface area contributed by atoms with E-state index in [0.29, 0.717) is 0 Å². The van der Waals surface area contributed by atoms with Crippen molar-refractivity contribution in [2.24, 2.45) is 9.98 Å². The maximum absolute atomic E-state index is 5.28. The standard InChI is InChI=1S/C45H66N2/c1-8-12-15-17-19-22-29-39-33-42(31-35(5)43(39)30-25-20-18-16-13-9-2)47-44(11-4)37(7)46-41-32-36(6)45(38-27-23-21-24-28-38)40(34-41)26-14-10-3/h21,23-24,27-28,31-34H,8-20,22,25-26,29-30H2,1-7H3. The molecular formula is C45H66N2. The number of aryl methyl sites for hydroxylation is 4. The lowest BCUT2D eigenvalue weighted by Crippen LogP contribution is -2.09. The Labute approximate surface area is 289 Å². The van der Waals surface area contributed by atoms with Crippen LogP contribution in [0.5, 0.6) is 0 Å². The quantitative estimate of drug-likeness (QED) is 0.0776. The molecule has 2 heteroatoms. The lowest BCUT2D eigenvalue weighted by atomic mass is 9.91. The van der Waals surface area contributed by atoms with Gasteiger partial charge in [0.1, 0.15) is 0 Å². The first-order chi connectivity index (χ1) is 22.9. The van der Waals surface area contributed by atoms with Crippen LogP contribution in [0.1, 0.15) is 159 Å². The largest absolute Gasteiger partial charge is 0.252 e. The van der Waals surface area contributed by atoms with E-state index in [1.165, 1.54) is 136 Å². The summed E-state index contributed by atoms with van der Waals surface area (Å²) in [5, 5.41) is 0. The van der Waals surface area contributed by atoms with Crippen molar-refractivity contribution in [3.63, 3.8) is 0 Å². The van der Waals surface area contributed by atoms with Crippen molar-refractivity contribution in [3.8, 4) is 11.1 Å². The van der Waals surface area contributed by atoms with Crippen LogP contribution >= 0.6 is 0 Å². The Morgan fingerprint density at radius 1 is 0.532 bits per heavy atom. The Morgan fingerprint density at radius 3 is 1.70 bits per heavy atom. The summed E-state index contributed by atoms with van der Waals surface area (Å²) >= 11 is 0. The fourth-order valence-corrected chi connectivity index (χ4v) is 7.01. The summed E-state index contributed by atoms with van der Waals surface area (Å²) in [6, 6.07) is 20.2. The number of unbranched alkanes of at least 4 members (excludes halogenated alkanes) is 11. The third-order valence-electron chi connectivity index (χ3n) is 9.71. The highest BCUT2D eigenvalue weighted by Crippen LogP contribution is 2.33. The van der Waals surface area contributed by atoms with Gasteiger partial charge < -0.3 is 0 Å². The minimum atomic E-state index is 0.866. The third-order valence-corrected chi connectivity index (χ3v) is 9.71. The average Bonchev–Trinajstić information content (AvgIpc) is 3.06. The molecule has 0 bridgehead atoms. The fourth-order valence-electron chi connectivity index (χ4n) is 7.01. The first-order valence-electron chi connectivity index (χ1n) is 19.4. The van der Waals surface area contributed by atoms with Crippen LogP contribution in [0.15, 0.2) is 64.6 Å². The lowest BCUT2D eigenvalue weighted by Gasteiger charge is -2.16. The van der Waals surface area contributed by atoms with E-state index in [1.807, 2.05) is 0 Å². The molecule has 3 aromatic rings. The molecule has 47 heavy (non-hydrogen) atoms. The van der Waals surface area contributed by atoms with Gasteiger partial charge in [-0.25, -0.2) is 0 Å². The predicted molar refractivity (Wildman–Crippen MR) is 211 cm³/mol. The van der Waals surface area contributed by atoms with Crippen molar-refractivity contribution in [1.82, 2.24) is 0 Å². The predicted octanol–water partition coefficient (Wildman–Crippen LogP) is 14.4. The Bertz CT molecular complexity index is 1400. The minimum absolute atomic E-state index is 0.866. The van der Waals surface area contributed by atoms with Gasteiger partial charge in [-0.05, 0) is 129 Å². The number of rotatable bonds is 22. The maximum atomic E-state index is 5.28. The molecule has 0 heterocycles. The highest BCUT2D eigenvalue weighted by molar-refractivity contribution is 6.42. The van der Waals surface area contributed by atoms with E-state index in [-0.39, 0.29) is 0 Å². The van der Waals surface area contributed by atoms with Gasteiger partial charge in [-0.1, -0.05) is 129 Å². The Balaban J connectivity index is 1.89. The van der Waals surface area contributed by atoms with Crippen LogP contribution in [0.4, 0.5) is 11.4 Å². The van der Waals surface area contributed by atoms with Crippen molar-refractivity contribution in [2.45, 2.75) is 164 Å². The van der Waals surface area contributed by atoms with E-state index in [2.05, 4.69) is 103 Å². The second-order valence-electron chi connectivity index (χ2n) is 13.8. The summed E-state index contributed by atoms with van der Waals surface area (Å²) in [5.74, 6) is 0. The molecule has 0 N–H and O–H groups in total. The zero-order valence-electron chi connectivity index (χ0n) is 31.3. The number of hydrogen-bond acceptors (Lipinski definition) is 2. The summed E-state index contributed by atoms with van der Waals surface area (Å²) < 4.78 is 0. The number of benzene rings is 3. The van der Waals surface area contributed by atoms with E-state index in [9.17, 15) is 0 Å². The van der Waals surface area contributed by atoms with Gasteiger partial charge in [-0.15, -0.1) is 0 Å². The first kappa shape index (κ1) is 38.4. The Kier molecular flexibility index (Phi) is 17.8. The molecule has 0 aliphatic carbocycles. The number of hydrogen-bond donors (Lipinski definition) is 0. The summed E-state index contributed by atoms with van der Waals surface area (Å²) in [6.45, 7) is 15.8. The summed E-state index contributed by atoms with van der Waals surface area (Å²) in [6.07, 6.45) is 22.8. The molecule has 0 saturated carbocycles. The van der Waals surface area contributed by atoms with Crippen molar-refractivity contribution in [1.29, 1.82) is 0 Å². The molecule has 256 valence electrons. The van der Waals surface area contributed by atoms with Gasteiger partial charge in [0, 0.05) is 0 Å². The lowest BCUT2D eigenvalue weighted by molar-refractivity contribution is 0.598. The van der Waals surface area contributed by atoms with E-state index < -0.39 is 0 Å². The van der Waals surface area contributed by atoms with Crippen LogP contribution in [0.3, 0.4) is 0 Å². The Morgan fingerprint density at radius 2 is 1.06 bits per heavy atom. The molecule has 0 amide bonds. The maximum Gasteiger partial charge on any atom is 0.0639 e. The number of aliphatic imine (C=N–C) groups is 2. The zero-order valence-corrected chi connectivity index (χ0v) is 31.3. The van der Waals surface area contributed by atoms with Crippen molar-refractivity contribution in [2.75, 3.05) is 0 Å². The van der Waals surface area contributed by atoms with Gasteiger partial charge in [0.2, 0.25) is 0 Å². The molecule has 0 saturated heterocycles. The van der Waals surface area contributed by atoms with E-state index in [4.69, 9.17) is 9.98 Å². The molecule has 0 radical (unpaired) electrons. The highest BCUT2D eigenvalue weighted by Gasteiger charge is 2.13. The normalized spacial score (nSPS) is 12.2. The average molecular weight is 635 g/mol. The third kappa shape index (κ3) is 12.9. The van der Waals surface area contributed by atoms with Gasteiger partial charge in [0.25, 0.3) is 0 Å². The molecule has 0 unspecified atom stereocenters. The van der Waals surface area contributed by atoms with E-state index in [0.717, 1.165) is 35.6 Å². The SMILES string of the molecule is CCCCCCCCc1cc(N=C(CC)C(C)=Nc2cc(C)c(-c3ccccc3)c(CCCC)c2)cc(C)c1CCCCCCCC. The highest BCUT2D eigenvalue weighted by atomic mass is 14.8. The molecule has 3 rings (SSSR count). The molecule has 0 spiro atoms. The first-order valence-corrected chi connectivity index (χ1v) is 19.4. The summed E-state index contributed by atoms with van der Waals surface area (Å²) in [5.41, 5.74) is 14.1. The smallest absolute Gasteiger partial charge is 0.0639 e. The fraction of sp³-hybridized carbons (Fsp3) is 0.556. The molecule has 0 aromatic heterocycles. The second-order valence-corrected chi connectivity index (χ2v) is 13.8. The molecule has 2 nitrogen and oxygen atoms in total. The topological polar surface area (TPSA) is 24.7 Å². The van der Waals surface area contributed by atoms with Crippen LogP contribution < -0.4 is 0 Å². The molecule has 3 aromatic carbocycles. The van der Waals surface area contributed by atoms with Crippen LogP contribution in [0.2, 0.25) is 0 Å². The van der Waals surface area contributed by atoms with Gasteiger partial charge in [-0.3, -0.25) is 9.98 Å². The van der Waals surface area contributed by atoms with Gasteiger partial charge >= 0.3 is 0 Å². The van der Waals surface area contributed by atoms with Crippen molar-refractivity contribution >= 4 is 22.8 Å². The van der Waals surface area contributed by atoms with Gasteiger partial charge in [-0.2, -0.15) is 0 Å². The Hall–Kier alpha value is -3.00. The zero-order chi connectivity index (χ0) is 33.9. The van der Waals surface area contributed by atoms with Crippen molar-refractivity contribution < 1.29 is 0 Å².